The molecule has 0 aliphatic carbocycles. The second kappa shape index (κ2) is 6.51. The molecule has 0 fully saturated rings. The minimum atomic E-state index is -0.454. The molecule has 0 spiro atoms. The van der Waals surface area contributed by atoms with Crippen LogP contribution in [-0.4, -0.2) is 25.6 Å². The fraction of sp³-hybridized carbons (Fsp3) is 0.333. The average Bonchev–Trinajstić information content (AvgIpc) is 2.34. The summed E-state index contributed by atoms with van der Waals surface area (Å²) in [6, 6.07) is 4.66. The van der Waals surface area contributed by atoms with Crippen molar-refractivity contribution in [1.82, 2.24) is 5.32 Å². The highest BCUT2D eigenvalue weighted by Gasteiger charge is 2.15. The first kappa shape index (κ1) is 13.0. The Bertz CT molecular complexity index is 461. The number of nitro benzene ring substituents is 1. The van der Waals surface area contributed by atoms with Gasteiger partial charge >= 0.3 is 0 Å². The van der Waals surface area contributed by atoms with E-state index in [4.69, 9.17) is 4.74 Å². The molecule has 1 rings (SSSR count). The molecule has 0 aromatic heterocycles. The zero-order valence-electron chi connectivity index (χ0n) is 9.82. The Kier molecular flexibility index (Phi) is 4.98. The van der Waals surface area contributed by atoms with Crippen LogP contribution in [0.4, 0.5) is 5.69 Å². The normalized spacial score (nSPS) is 9.29. The summed E-state index contributed by atoms with van der Waals surface area (Å²) in [6.45, 7) is 0.746. The monoisotopic (exact) mass is 234 g/mol. The topological polar surface area (TPSA) is 64.4 Å². The minimum Gasteiger partial charge on any atom is -0.495 e. The van der Waals surface area contributed by atoms with Gasteiger partial charge in [-0.25, -0.2) is 0 Å². The molecule has 1 aromatic carbocycles. The summed E-state index contributed by atoms with van der Waals surface area (Å²) in [5.41, 5.74) is 0.303. The van der Waals surface area contributed by atoms with Gasteiger partial charge in [-0.1, -0.05) is 17.9 Å². The number of methoxy groups -OCH3 is 1. The van der Waals surface area contributed by atoms with Gasteiger partial charge in [0.15, 0.2) is 0 Å². The van der Waals surface area contributed by atoms with Gasteiger partial charge in [-0.2, -0.15) is 0 Å². The Morgan fingerprint density at radius 2 is 2.29 bits per heavy atom. The van der Waals surface area contributed by atoms with Gasteiger partial charge in [0, 0.05) is 19.0 Å². The van der Waals surface area contributed by atoms with E-state index < -0.39 is 4.92 Å². The van der Waals surface area contributed by atoms with Crippen LogP contribution in [0.5, 0.6) is 5.75 Å². The standard InChI is InChI=1S/C12H14N2O3/c1-13-9-4-3-6-10-11(14(15)16)7-5-8-12(10)17-2/h5,7-8,13H,4,9H2,1-2H3. The predicted octanol–water partition coefficient (Wildman–Crippen LogP) is 1.56. The van der Waals surface area contributed by atoms with Crippen molar-refractivity contribution in [3.8, 4) is 17.6 Å². The number of nitro groups is 1. The molecule has 5 heteroatoms. The lowest BCUT2D eigenvalue weighted by atomic mass is 10.1. The van der Waals surface area contributed by atoms with Crippen molar-refractivity contribution >= 4 is 5.69 Å². The molecule has 0 saturated carbocycles. The van der Waals surface area contributed by atoms with Crippen molar-refractivity contribution in [1.29, 1.82) is 0 Å². The van der Waals surface area contributed by atoms with E-state index in [2.05, 4.69) is 17.2 Å². The van der Waals surface area contributed by atoms with E-state index in [1.807, 2.05) is 7.05 Å². The molecule has 0 radical (unpaired) electrons. The maximum atomic E-state index is 10.8. The Balaban J connectivity index is 3.07. The summed E-state index contributed by atoms with van der Waals surface area (Å²) in [5, 5.41) is 13.8. The highest BCUT2D eigenvalue weighted by Crippen LogP contribution is 2.26. The molecule has 0 atom stereocenters. The fourth-order valence-electron chi connectivity index (χ4n) is 1.31. The molecule has 17 heavy (non-hydrogen) atoms. The van der Waals surface area contributed by atoms with Gasteiger partial charge in [-0.3, -0.25) is 10.1 Å². The summed E-state index contributed by atoms with van der Waals surface area (Å²) in [7, 11) is 3.30. The number of hydrogen-bond acceptors (Lipinski definition) is 4. The van der Waals surface area contributed by atoms with Gasteiger partial charge < -0.3 is 10.1 Å². The predicted molar refractivity (Wildman–Crippen MR) is 65.1 cm³/mol. The Morgan fingerprint density at radius 3 is 2.88 bits per heavy atom. The molecule has 0 bridgehead atoms. The summed E-state index contributed by atoms with van der Waals surface area (Å²) in [4.78, 5) is 10.4. The van der Waals surface area contributed by atoms with Crippen LogP contribution in [0.1, 0.15) is 12.0 Å². The van der Waals surface area contributed by atoms with Crippen LogP contribution in [0.15, 0.2) is 18.2 Å². The van der Waals surface area contributed by atoms with Crippen LogP contribution in [0.2, 0.25) is 0 Å². The van der Waals surface area contributed by atoms with Gasteiger partial charge in [0.2, 0.25) is 0 Å². The molecular weight excluding hydrogens is 220 g/mol. The van der Waals surface area contributed by atoms with Crippen molar-refractivity contribution in [2.75, 3.05) is 20.7 Å². The van der Waals surface area contributed by atoms with Gasteiger partial charge in [0.25, 0.3) is 5.69 Å². The van der Waals surface area contributed by atoms with Crippen LogP contribution in [0.25, 0.3) is 0 Å². The van der Waals surface area contributed by atoms with Crippen molar-refractivity contribution in [3.05, 3.63) is 33.9 Å². The molecule has 0 aliphatic heterocycles. The number of hydrogen-bond donors (Lipinski definition) is 1. The molecular formula is C12H14N2O3. The molecule has 0 unspecified atom stereocenters. The second-order valence-electron chi connectivity index (χ2n) is 3.27. The maximum Gasteiger partial charge on any atom is 0.288 e. The smallest absolute Gasteiger partial charge is 0.288 e. The molecule has 0 amide bonds. The molecule has 0 aliphatic rings. The molecule has 90 valence electrons. The minimum absolute atomic E-state index is 0.0266. The van der Waals surface area contributed by atoms with Crippen LogP contribution in [0, 0.1) is 22.0 Å². The lowest BCUT2D eigenvalue weighted by molar-refractivity contribution is -0.385. The van der Waals surface area contributed by atoms with Crippen LogP contribution < -0.4 is 10.1 Å². The largest absolute Gasteiger partial charge is 0.495 e. The molecule has 0 heterocycles. The zero-order chi connectivity index (χ0) is 12.7. The van der Waals surface area contributed by atoms with E-state index in [1.54, 1.807) is 12.1 Å². The fourth-order valence-corrected chi connectivity index (χ4v) is 1.31. The number of rotatable bonds is 4. The first-order valence-electron chi connectivity index (χ1n) is 5.15. The number of ether oxygens (including phenoxy) is 1. The summed E-state index contributed by atoms with van der Waals surface area (Å²) in [5.74, 6) is 6.09. The van der Waals surface area contributed by atoms with E-state index in [9.17, 15) is 10.1 Å². The molecule has 5 nitrogen and oxygen atoms in total. The number of benzene rings is 1. The SMILES string of the molecule is CNCCC#Cc1c(OC)cccc1[N+](=O)[O-]. The van der Waals surface area contributed by atoms with Crippen molar-refractivity contribution in [3.63, 3.8) is 0 Å². The van der Waals surface area contributed by atoms with E-state index in [0.717, 1.165) is 6.54 Å². The van der Waals surface area contributed by atoms with Crippen molar-refractivity contribution in [2.45, 2.75) is 6.42 Å². The Hall–Kier alpha value is -2.06. The summed E-state index contributed by atoms with van der Waals surface area (Å²) < 4.78 is 5.07. The second-order valence-corrected chi connectivity index (χ2v) is 3.27. The third kappa shape index (κ3) is 3.47. The van der Waals surface area contributed by atoms with Gasteiger partial charge in [-0.05, 0) is 13.1 Å². The van der Waals surface area contributed by atoms with Gasteiger partial charge in [0.1, 0.15) is 11.3 Å². The lowest BCUT2D eigenvalue weighted by Gasteiger charge is -2.02. The van der Waals surface area contributed by atoms with Crippen LogP contribution >= 0.6 is 0 Å². The van der Waals surface area contributed by atoms with Gasteiger partial charge in [0.05, 0.1) is 12.0 Å². The van der Waals surface area contributed by atoms with Crippen molar-refractivity contribution in [2.24, 2.45) is 0 Å². The number of nitrogens with zero attached hydrogens (tertiary/aromatic N) is 1. The highest BCUT2D eigenvalue weighted by atomic mass is 16.6. The van der Waals surface area contributed by atoms with Crippen LogP contribution in [-0.2, 0) is 0 Å². The average molecular weight is 234 g/mol. The zero-order valence-corrected chi connectivity index (χ0v) is 9.82. The third-order valence-corrected chi connectivity index (χ3v) is 2.13. The van der Waals surface area contributed by atoms with E-state index >= 15 is 0 Å². The lowest BCUT2D eigenvalue weighted by Crippen LogP contribution is -2.06. The van der Waals surface area contributed by atoms with E-state index in [0.29, 0.717) is 17.7 Å². The molecule has 0 saturated heterocycles. The van der Waals surface area contributed by atoms with Crippen LogP contribution in [0.3, 0.4) is 0 Å². The first-order valence-corrected chi connectivity index (χ1v) is 5.15. The highest BCUT2D eigenvalue weighted by molar-refractivity contribution is 5.58. The number of nitrogens with one attached hydrogen (secondary N) is 1. The summed E-state index contributed by atoms with van der Waals surface area (Å²) >= 11 is 0. The van der Waals surface area contributed by atoms with E-state index in [-0.39, 0.29) is 5.69 Å². The Labute approximate surface area is 99.9 Å². The molecule has 1 N–H and O–H groups in total. The first-order chi connectivity index (χ1) is 8.20. The quantitative estimate of drug-likeness (QED) is 0.371. The maximum absolute atomic E-state index is 10.8. The summed E-state index contributed by atoms with van der Waals surface area (Å²) in [6.07, 6.45) is 0.631. The van der Waals surface area contributed by atoms with Crippen molar-refractivity contribution < 1.29 is 9.66 Å². The Morgan fingerprint density at radius 1 is 1.53 bits per heavy atom. The third-order valence-electron chi connectivity index (χ3n) is 2.13. The van der Waals surface area contributed by atoms with E-state index in [1.165, 1.54) is 13.2 Å². The van der Waals surface area contributed by atoms with Gasteiger partial charge in [-0.15, -0.1) is 0 Å². The molecule has 1 aromatic rings.